The summed E-state index contributed by atoms with van der Waals surface area (Å²) in [7, 11) is 0. The predicted octanol–water partition coefficient (Wildman–Crippen LogP) is 4.65. The van der Waals surface area contributed by atoms with Crippen molar-refractivity contribution in [2.45, 2.75) is 32.7 Å². The summed E-state index contributed by atoms with van der Waals surface area (Å²) in [6, 6.07) is 14.8. The third kappa shape index (κ3) is 5.18. The van der Waals surface area contributed by atoms with Crippen LogP contribution in [0.1, 0.15) is 28.6 Å². The monoisotopic (exact) mass is 452 g/mol. The zero-order valence-corrected chi connectivity index (χ0v) is 18.5. The Balaban J connectivity index is 1.29. The van der Waals surface area contributed by atoms with Crippen molar-refractivity contribution in [3.63, 3.8) is 0 Å². The minimum Gasteiger partial charge on any atom is -0.350 e. The normalized spacial score (nSPS) is 11.0. The molecule has 2 heterocycles. The summed E-state index contributed by atoms with van der Waals surface area (Å²) in [5, 5.41) is 5.04. The minimum absolute atomic E-state index is 0.0518. The molecular weight excluding hydrogens is 432 g/mol. The first kappa shape index (κ1) is 21.2. The summed E-state index contributed by atoms with van der Waals surface area (Å²) >= 11 is 7.53. The van der Waals surface area contributed by atoms with E-state index in [2.05, 4.69) is 20.3 Å². The summed E-state index contributed by atoms with van der Waals surface area (Å²) in [5.41, 5.74) is 2.44. The number of nitrogens with zero attached hydrogens (tertiary/aromatic N) is 2. The third-order valence-corrected chi connectivity index (χ3v) is 6.10. The Bertz CT molecular complexity index is 1280. The molecule has 0 fully saturated rings. The fourth-order valence-corrected chi connectivity index (χ4v) is 4.36. The van der Waals surface area contributed by atoms with Crippen LogP contribution in [0.3, 0.4) is 0 Å². The summed E-state index contributed by atoms with van der Waals surface area (Å²) in [4.78, 5) is 37.4. The van der Waals surface area contributed by atoms with Crippen LogP contribution in [0.2, 0.25) is 5.02 Å². The molecule has 4 aromatic rings. The zero-order chi connectivity index (χ0) is 21.8. The smallest absolute Gasteiger partial charge is 0.258 e. The molecule has 31 heavy (non-hydrogen) atoms. The molecule has 0 spiro atoms. The van der Waals surface area contributed by atoms with Gasteiger partial charge in [-0.15, -0.1) is 11.3 Å². The number of rotatable bonds is 7. The first-order chi connectivity index (χ1) is 15.0. The van der Waals surface area contributed by atoms with Gasteiger partial charge in [0, 0.05) is 28.3 Å². The number of aromatic amines is 1. The number of nitrogens with one attached hydrogen (secondary N) is 2. The van der Waals surface area contributed by atoms with Gasteiger partial charge in [0.25, 0.3) is 5.56 Å². The van der Waals surface area contributed by atoms with E-state index in [1.54, 1.807) is 17.4 Å². The van der Waals surface area contributed by atoms with Crippen LogP contribution in [0, 0.1) is 6.92 Å². The maximum atomic E-state index is 12.2. The number of hydrogen-bond acceptors (Lipinski definition) is 5. The molecule has 2 aromatic heterocycles. The number of aromatic nitrogens is 3. The molecule has 1 amide bonds. The number of benzene rings is 2. The Kier molecular flexibility index (Phi) is 6.44. The van der Waals surface area contributed by atoms with Gasteiger partial charge < -0.3 is 10.3 Å². The summed E-state index contributed by atoms with van der Waals surface area (Å²) in [5.74, 6) is 0.545. The molecule has 0 aliphatic heterocycles. The van der Waals surface area contributed by atoms with E-state index in [4.69, 9.17) is 11.6 Å². The zero-order valence-electron chi connectivity index (χ0n) is 16.9. The molecular formula is C23H21ClN4O2S. The molecule has 0 radical (unpaired) electrons. The van der Waals surface area contributed by atoms with Crippen molar-refractivity contribution in [1.82, 2.24) is 20.3 Å². The predicted molar refractivity (Wildman–Crippen MR) is 124 cm³/mol. The molecule has 0 saturated heterocycles. The number of carbonyl (C=O) groups is 1. The van der Waals surface area contributed by atoms with Gasteiger partial charge >= 0.3 is 0 Å². The molecule has 0 atom stereocenters. The Morgan fingerprint density at radius 3 is 2.71 bits per heavy atom. The van der Waals surface area contributed by atoms with Crippen molar-refractivity contribution in [2.75, 3.05) is 0 Å². The van der Waals surface area contributed by atoms with E-state index in [9.17, 15) is 9.59 Å². The van der Waals surface area contributed by atoms with E-state index in [-0.39, 0.29) is 11.5 Å². The number of fused-ring (bicyclic) bond motifs is 1. The molecule has 0 unspecified atom stereocenters. The van der Waals surface area contributed by atoms with E-state index in [1.807, 2.05) is 49.4 Å². The molecule has 158 valence electrons. The van der Waals surface area contributed by atoms with Crippen molar-refractivity contribution < 1.29 is 4.79 Å². The lowest BCUT2D eigenvalue weighted by Crippen LogP contribution is -2.22. The third-order valence-electron chi connectivity index (χ3n) is 4.87. The fraction of sp³-hybridized carbons (Fsp3) is 0.217. The number of carbonyl (C=O) groups excluding carboxylic acids is 1. The Morgan fingerprint density at radius 2 is 1.90 bits per heavy atom. The number of aryl methyl sites for hydroxylation is 2. The maximum Gasteiger partial charge on any atom is 0.258 e. The van der Waals surface area contributed by atoms with Crippen LogP contribution in [-0.4, -0.2) is 20.9 Å². The SMILES string of the molecule is Cc1sc(CNC(=O)CCCc2nc3ccccc3c(=O)[nH]2)nc1-c1ccc(Cl)cc1. The quantitative estimate of drug-likeness (QED) is 0.427. The molecule has 2 N–H and O–H groups in total. The van der Waals surface area contributed by atoms with Gasteiger partial charge in [-0.1, -0.05) is 35.9 Å². The van der Waals surface area contributed by atoms with Gasteiger partial charge in [0.2, 0.25) is 5.91 Å². The number of H-pyrrole nitrogens is 1. The second-order valence-electron chi connectivity index (χ2n) is 7.18. The largest absolute Gasteiger partial charge is 0.350 e. The molecule has 0 aliphatic carbocycles. The molecule has 6 nitrogen and oxygen atoms in total. The number of hydrogen-bond donors (Lipinski definition) is 2. The standard InChI is InChI=1S/C23H21ClN4O2S/c1-14-22(15-9-11-16(24)12-10-15)28-21(31-14)13-25-20(29)8-4-7-19-26-18-6-3-2-5-17(18)23(30)27-19/h2-3,5-6,9-12H,4,7-8,13H2,1H3,(H,25,29)(H,26,27,30). The van der Waals surface area contributed by atoms with Gasteiger partial charge in [-0.3, -0.25) is 9.59 Å². The lowest BCUT2D eigenvalue weighted by molar-refractivity contribution is -0.121. The number of amides is 1. The molecule has 8 heteroatoms. The van der Waals surface area contributed by atoms with Crippen molar-refractivity contribution in [3.8, 4) is 11.3 Å². The first-order valence-corrected chi connectivity index (χ1v) is 11.2. The van der Waals surface area contributed by atoms with Crippen molar-refractivity contribution in [2.24, 2.45) is 0 Å². The van der Waals surface area contributed by atoms with Crippen LogP contribution < -0.4 is 10.9 Å². The average Bonchev–Trinajstić information content (AvgIpc) is 3.13. The van der Waals surface area contributed by atoms with E-state index in [0.29, 0.717) is 47.6 Å². The Hall–Kier alpha value is -3.03. The molecule has 0 aliphatic rings. The Morgan fingerprint density at radius 1 is 1.13 bits per heavy atom. The first-order valence-electron chi connectivity index (χ1n) is 9.96. The molecule has 0 bridgehead atoms. The van der Waals surface area contributed by atoms with E-state index in [0.717, 1.165) is 21.1 Å². The van der Waals surface area contributed by atoms with Gasteiger partial charge in [-0.05, 0) is 37.6 Å². The van der Waals surface area contributed by atoms with Gasteiger partial charge in [0.05, 0.1) is 23.1 Å². The number of para-hydroxylation sites is 1. The van der Waals surface area contributed by atoms with E-state index in [1.165, 1.54) is 0 Å². The van der Waals surface area contributed by atoms with E-state index < -0.39 is 0 Å². The highest BCUT2D eigenvalue weighted by Gasteiger charge is 2.11. The minimum atomic E-state index is -0.152. The summed E-state index contributed by atoms with van der Waals surface area (Å²) in [6.45, 7) is 2.41. The Labute approximate surface area is 188 Å². The highest BCUT2D eigenvalue weighted by Crippen LogP contribution is 2.28. The molecule has 4 rings (SSSR count). The van der Waals surface area contributed by atoms with Crippen molar-refractivity contribution in [3.05, 3.63) is 79.6 Å². The number of thiazole rings is 1. The number of halogens is 1. The second kappa shape index (κ2) is 9.41. The van der Waals surface area contributed by atoms with Gasteiger partial charge in [0.1, 0.15) is 10.8 Å². The lowest BCUT2D eigenvalue weighted by atomic mass is 10.1. The lowest BCUT2D eigenvalue weighted by Gasteiger charge is -2.04. The van der Waals surface area contributed by atoms with Crippen LogP contribution in [0.5, 0.6) is 0 Å². The topological polar surface area (TPSA) is 87.7 Å². The van der Waals surface area contributed by atoms with Crippen LogP contribution in [-0.2, 0) is 17.8 Å². The summed E-state index contributed by atoms with van der Waals surface area (Å²) < 4.78 is 0. The van der Waals surface area contributed by atoms with Crippen LogP contribution >= 0.6 is 22.9 Å². The fourth-order valence-electron chi connectivity index (χ4n) is 3.33. The second-order valence-corrected chi connectivity index (χ2v) is 8.90. The van der Waals surface area contributed by atoms with Crippen LogP contribution in [0.4, 0.5) is 0 Å². The van der Waals surface area contributed by atoms with E-state index >= 15 is 0 Å². The highest BCUT2D eigenvalue weighted by molar-refractivity contribution is 7.12. The van der Waals surface area contributed by atoms with Crippen LogP contribution in [0.25, 0.3) is 22.2 Å². The van der Waals surface area contributed by atoms with Crippen LogP contribution in [0.15, 0.2) is 53.3 Å². The molecule has 0 saturated carbocycles. The molecule has 2 aromatic carbocycles. The van der Waals surface area contributed by atoms with Gasteiger partial charge in [-0.25, -0.2) is 9.97 Å². The van der Waals surface area contributed by atoms with Gasteiger partial charge in [-0.2, -0.15) is 0 Å². The van der Waals surface area contributed by atoms with Crippen molar-refractivity contribution in [1.29, 1.82) is 0 Å². The highest BCUT2D eigenvalue weighted by atomic mass is 35.5. The summed E-state index contributed by atoms with van der Waals surface area (Å²) in [6.07, 6.45) is 1.48. The van der Waals surface area contributed by atoms with Gasteiger partial charge in [0.15, 0.2) is 0 Å². The average molecular weight is 453 g/mol. The maximum absolute atomic E-state index is 12.2. The van der Waals surface area contributed by atoms with Crippen molar-refractivity contribution >= 4 is 39.7 Å².